The molecule has 8 N–H and O–H groups in total. The van der Waals surface area contributed by atoms with Gasteiger partial charge in [0.05, 0.1) is 20.0 Å². The highest BCUT2D eigenvalue weighted by Gasteiger charge is 2.49. The van der Waals surface area contributed by atoms with Crippen LogP contribution in [0.2, 0.25) is 0 Å². The summed E-state index contributed by atoms with van der Waals surface area (Å²) in [5.41, 5.74) is 0. The average Bonchev–Trinajstić information content (AvgIpc) is 2.75. The number of aliphatic hydroxyl groups is 8. The molecule has 2 heterocycles. The molecule has 2 saturated heterocycles. The van der Waals surface area contributed by atoms with Gasteiger partial charge in [0.2, 0.25) is 4.29 Å². The summed E-state index contributed by atoms with van der Waals surface area (Å²) >= 11 is 0. The van der Waals surface area contributed by atoms with Gasteiger partial charge in [0.1, 0.15) is 48.8 Å². The summed E-state index contributed by atoms with van der Waals surface area (Å²) < 4.78 is 75.6. The molecule has 10 atom stereocenters. The predicted molar refractivity (Wildman–Crippen MR) is 68.6 cm³/mol. The number of hydrogen-bond donors (Lipinski definition) is 8. The summed E-state index contributed by atoms with van der Waals surface area (Å²) in [5.74, 6) is 0. The molecule has 0 bridgehead atoms. The van der Waals surface area contributed by atoms with Crippen LogP contribution < -0.4 is 0 Å². The van der Waals surface area contributed by atoms with Crippen LogP contribution in [0.1, 0.15) is 6.85 Å². The Morgan fingerprint density at radius 2 is 1.65 bits per heavy atom. The average molecular weight is 350 g/mol. The third-order valence-electron chi connectivity index (χ3n) is 3.40. The maximum atomic E-state index is 10.4. The molecule has 2 fully saturated rings. The lowest BCUT2D eigenvalue weighted by Crippen LogP contribution is -2.63. The summed E-state index contributed by atoms with van der Waals surface area (Å²) in [5, 5.41) is 61.0. The Morgan fingerprint density at radius 1 is 0.957 bits per heavy atom. The zero-order valence-electron chi connectivity index (χ0n) is 19.4. The molecule has 23 heavy (non-hydrogen) atoms. The van der Waals surface area contributed by atoms with E-state index in [-0.39, 0.29) is 0 Å². The Hall–Kier alpha value is -0.440. The molecule has 11 nitrogen and oxygen atoms in total. The molecule has 0 aliphatic carbocycles. The van der Waals surface area contributed by atoms with Crippen LogP contribution in [0.3, 0.4) is 0 Å². The Kier molecular flexibility index (Phi) is 3.49. The molecular formula is C12H22O11. The lowest BCUT2D eigenvalue weighted by molar-refractivity contribution is -0.376. The molecule has 0 radical (unpaired) electrons. The van der Waals surface area contributed by atoms with Crippen molar-refractivity contribution in [3.05, 3.63) is 0 Å². The van der Waals surface area contributed by atoms with Gasteiger partial charge in [-0.15, -0.1) is 0 Å². The van der Waals surface area contributed by atoms with Gasteiger partial charge in [-0.1, -0.05) is 0 Å². The Morgan fingerprint density at radius 3 is 2.26 bits per heavy atom. The number of hydrogen-bond acceptors (Lipinski definition) is 11. The van der Waals surface area contributed by atoms with Crippen molar-refractivity contribution in [3.63, 3.8) is 0 Å². The van der Waals surface area contributed by atoms with Crippen LogP contribution in [0.15, 0.2) is 0 Å². The topological polar surface area (TPSA) is 190 Å². The van der Waals surface area contributed by atoms with Crippen LogP contribution in [0.25, 0.3) is 0 Å². The Labute approximate surface area is 142 Å². The van der Waals surface area contributed by atoms with E-state index in [2.05, 4.69) is 15.3 Å². The molecule has 2 aliphatic heterocycles. The maximum Gasteiger partial charge on any atom is 0.211 e. The summed E-state index contributed by atoms with van der Waals surface area (Å²) in [6.45, 7) is -4.52. The predicted octanol–water partition coefficient (Wildman–Crippen LogP) is -5.40. The van der Waals surface area contributed by atoms with Gasteiger partial charge in [-0.25, -0.2) is 0 Å². The Bertz CT molecular complexity index is 635. The van der Waals surface area contributed by atoms with Crippen LogP contribution in [0.4, 0.5) is 0 Å². The van der Waals surface area contributed by atoms with Crippen LogP contribution >= 0.6 is 0 Å². The van der Waals surface area contributed by atoms with E-state index in [0.29, 0.717) is 0 Å². The number of rotatable bonds is 7. The van der Waals surface area contributed by atoms with Crippen molar-refractivity contribution < 1.29 is 61.9 Å². The second-order valence-corrected chi connectivity index (χ2v) is 4.89. The van der Waals surface area contributed by atoms with Gasteiger partial charge < -0.3 is 55.1 Å². The molecule has 0 aromatic heterocycles. The molecule has 11 heteroatoms. The van der Waals surface area contributed by atoms with Crippen molar-refractivity contribution in [2.75, 3.05) is 13.2 Å². The fraction of sp³-hybridized carbons (Fsp3) is 1.00. The third kappa shape index (κ3) is 3.65. The van der Waals surface area contributed by atoms with Crippen molar-refractivity contribution >= 4 is 0 Å². The molecule has 2 aliphatic rings. The van der Waals surface area contributed by atoms with Crippen molar-refractivity contribution in [2.45, 2.75) is 61.3 Å². The van der Waals surface area contributed by atoms with E-state index in [0.717, 1.165) is 0 Å². The monoisotopic (exact) mass is 350 g/mol. The summed E-state index contributed by atoms with van der Waals surface area (Å²) in [6.07, 6.45) is -25.2. The second kappa shape index (κ2) is 7.63. The summed E-state index contributed by atoms with van der Waals surface area (Å²) in [7, 11) is 0. The van der Waals surface area contributed by atoms with Gasteiger partial charge in [-0.2, -0.15) is 0 Å². The number of aliphatic hydroxyl groups excluding tert-OH is 5. The van der Waals surface area contributed by atoms with E-state index in [1.165, 1.54) is 0 Å². The van der Waals surface area contributed by atoms with Crippen molar-refractivity contribution in [1.82, 2.24) is 0 Å². The van der Waals surface area contributed by atoms with Crippen LogP contribution in [0, 0.1) is 0 Å². The minimum atomic E-state index is -3.70. The van der Waals surface area contributed by atoms with E-state index in [4.69, 9.17) is 25.4 Å². The van der Waals surface area contributed by atoms with E-state index in [9.17, 15) is 25.5 Å². The molecule has 0 spiro atoms. The minimum Gasteiger partial charge on any atom is -0.394 e. The smallest absolute Gasteiger partial charge is 0.211 e. The molecule has 136 valence electrons. The molecule has 2 rings (SSSR count). The molecule has 0 amide bonds. The van der Waals surface area contributed by atoms with Crippen molar-refractivity contribution in [3.8, 4) is 0 Å². The lowest BCUT2D eigenvalue weighted by Gasteiger charge is -2.44. The maximum absolute atomic E-state index is 10.4. The lowest BCUT2D eigenvalue weighted by atomic mass is 9.98. The molecule has 0 unspecified atom stereocenters. The van der Waals surface area contributed by atoms with Gasteiger partial charge >= 0.3 is 0 Å². The van der Waals surface area contributed by atoms with E-state index in [1.807, 2.05) is 0 Å². The number of ether oxygens (including phenoxy) is 3. The van der Waals surface area contributed by atoms with E-state index in [1.54, 1.807) is 0 Å². The zero-order valence-corrected chi connectivity index (χ0v) is 11.4. The second-order valence-electron chi connectivity index (χ2n) is 4.89. The minimum absolute atomic E-state index is 0.864. The van der Waals surface area contributed by atoms with E-state index >= 15 is 0 Å². The highest BCUT2D eigenvalue weighted by molar-refractivity contribution is 4.92. The molecule has 0 aromatic carbocycles. The van der Waals surface area contributed by atoms with Crippen LogP contribution in [0.5, 0.6) is 0 Å². The van der Waals surface area contributed by atoms with Gasteiger partial charge in [0, 0.05) is 0 Å². The molecule has 0 saturated carbocycles. The first-order valence-electron chi connectivity index (χ1n) is 10.2. The van der Waals surface area contributed by atoms with Gasteiger partial charge in [0.25, 0.3) is 0 Å². The van der Waals surface area contributed by atoms with Gasteiger partial charge in [-0.3, -0.25) is 0 Å². The fourth-order valence-corrected chi connectivity index (χ4v) is 2.09. The van der Waals surface area contributed by atoms with Crippen LogP contribution in [-0.2, 0) is 14.2 Å². The first kappa shape index (κ1) is 10.5. The zero-order chi connectivity index (χ0) is 24.0. The largest absolute Gasteiger partial charge is 0.394 e. The highest BCUT2D eigenvalue weighted by atomic mass is 16.8. The summed E-state index contributed by atoms with van der Waals surface area (Å²) in [6, 6.07) is 0. The van der Waals surface area contributed by atoms with Crippen molar-refractivity contribution in [1.29, 1.82) is 4.29 Å². The first-order chi connectivity index (χ1) is 14.2. The van der Waals surface area contributed by atoms with Gasteiger partial charge in [0.15, 0.2) is 12.6 Å². The quantitative estimate of drug-likeness (QED) is 0.219. The first-order valence-corrected chi connectivity index (χ1v) is 6.46. The Balaban J connectivity index is 2.47. The van der Waals surface area contributed by atoms with Gasteiger partial charge in [-0.05, 0) is 0 Å². The normalized spacial score (nSPS) is 66.7. The van der Waals surface area contributed by atoms with Crippen LogP contribution in [-0.4, -0.2) is 120 Å². The summed E-state index contributed by atoms with van der Waals surface area (Å²) in [4.78, 5) is 0. The molecule has 0 aromatic rings. The third-order valence-corrected chi connectivity index (χ3v) is 3.40. The van der Waals surface area contributed by atoms with E-state index < -0.39 is 74.5 Å². The highest BCUT2D eigenvalue weighted by Crippen LogP contribution is 2.27. The standard InChI is InChI=1S/C12H22O11/c13-1-3-5(15)7(17)9(19)11(21-3)23-12-10(20)8(18)6(16)4(2-14)22-12/h3-20H,1-2H2/t3-,4-,5-,6-,7+,8+,9-,10-,11-,12-/m1/s1/i1D2,3D,5D,7D,13D,15D,17D. The SMILES string of the molecule is [2H]OC([2H])([2H])[C@@]1([2H])O[C@H](O[C@H]2O[C@H](CO)[C@@H](O)[C@H](O)[C@H]2O)[C@H](O)[C@@]([2H])(O[2H])[C@]1([2H])O[2H]. The van der Waals surface area contributed by atoms with Crippen molar-refractivity contribution in [2.24, 2.45) is 0 Å². The fourth-order valence-electron chi connectivity index (χ4n) is 2.09. The molecular weight excluding hydrogens is 320 g/mol.